The monoisotopic (exact) mass is 271 g/mol. The van der Waals surface area contributed by atoms with Crippen molar-refractivity contribution in [2.75, 3.05) is 0 Å². The fourth-order valence-electron chi connectivity index (χ4n) is 3.17. The first-order valence-corrected chi connectivity index (χ1v) is 7.35. The van der Waals surface area contributed by atoms with Gasteiger partial charge in [0.15, 0.2) is 0 Å². The molecule has 1 aliphatic rings. The van der Waals surface area contributed by atoms with Crippen molar-refractivity contribution in [1.82, 2.24) is 10.3 Å². The predicted octanol–water partition coefficient (Wildman–Crippen LogP) is 2.34. The molecule has 1 amide bonds. The number of aromatic amines is 1. The zero-order valence-corrected chi connectivity index (χ0v) is 11.8. The minimum atomic E-state index is -0.00264. The van der Waals surface area contributed by atoms with E-state index in [0.717, 1.165) is 42.1 Å². The maximum Gasteiger partial charge on any atom is 0.268 e. The van der Waals surface area contributed by atoms with Crippen molar-refractivity contribution in [3.8, 4) is 0 Å². The number of fused-ring (bicyclic) bond motifs is 1. The van der Waals surface area contributed by atoms with Crippen molar-refractivity contribution in [2.24, 2.45) is 5.73 Å². The lowest BCUT2D eigenvalue weighted by Crippen LogP contribution is -2.34. The van der Waals surface area contributed by atoms with Gasteiger partial charge in [0.1, 0.15) is 5.69 Å². The molecule has 1 saturated carbocycles. The van der Waals surface area contributed by atoms with Gasteiger partial charge in [-0.1, -0.05) is 25.1 Å². The number of carbonyl (C=O) groups is 1. The Bertz CT molecular complexity index is 632. The van der Waals surface area contributed by atoms with E-state index in [2.05, 4.69) is 23.3 Å². The molecule has 1 fully saturated rings. The second-order valence-corrected chi connectivity index (χ2v) is 5.62. The standard InChI is InChI=1S/C16H21N3O/c1-2-12-13-5-3-4-6-14(13)19-15(12)16(20)18-11-8-7-10(17)9-11/h3-6,10-11,19H,2,7-9,17H2,1H3,(H,18,20)/t10-,11-/m0/s1. The lowest BCUT2D eigenvalue weighted by Gasteiger charge is -2.12. The van der Waals surface area contributed by atoms with Gasteiger partial charge in [-0.05, 0) is 37.3 Å². The molecule has 106 valence electrons. The van der Waals surface area contributed by atoms with Gasteiger partial charge in [0, 0.05) is 23.0 Å². The van der Waals surface area contributed by atoms with Crippen LogP contribution in [0.25, 0.3) is 10.9 Å². The average molecular weight is 271 g/mol. The lowest BCUT2D eigenvalue weighted by molar-refractivity contribution is 0.0932. The Morgan fingerprint density at radius 3 is 2.90 bits per heavy atom. The zero-order chi connectivity index (χ0) is 14.1. The summed E-state index contributed by atoms with van der Waals surface area (Å²) >= 11 is 0. The summed E-state index contributed by atoms with van der Waals surface area (Å²) in [7, 11) is 0. The van der Waals surface area contributed by atoms with Crippen LogP contribution in [-0.4, -0.2) is 23.0 Å². The summed E-state index contributed by atoms with van der Waals surface area (Å²) in [5, 5.41) is 4.25. The van der Waals surface area contributed by atoms with Crippen molar-refractivity contribution < 1.29 is 4.79 Å². The number of para-hydroxylation sites is 1. The van der Waals surface area contributed by atoms with Gasteiger partial charge in [-0.3, -0.25) is 4.79 Å². The van der Waals surface area contributed by atoms with E-state index in [0.29, 0.717) is 5.69 Å². The Morgan fingerprint density at radius 2 is 2.20 bits per heavy atom. The van der Waals surface area contributed by atoms with Gasteiger partial charge < -0.3 is 16.0 Å². The number of H-pyrrole nitrogens is 1. The smallest absolute Gasteiger partial charge is 0.268 e. The summed E-state index contributed by atoms with van der Waals surface area (Å²) in [5.74, 6) is -0.00264. The Balaban J connectivity index is 1.87. The van der Waals surface area contributed by atoms with Gasteiger partial charge in [-0.2, -0.15) is 0 Å². The van der Waals surface area contributed by atoms with E-state index in [1.165, 1.54) is 0 Å². The number of amides is 1. The number of nitrogens with one attached hydrogen (secondary N) is 2. The Labute approximate surface area is 118 Å². The highest BCUT2D eigenvalue weighted by Crippen LogP contribution is 2.24. The molecule has 1 aromatic heterocycles. The molecule has 20 heavy (non-hydrogen) atoms. The zero-order valence-electron chi connectivity index (χ0n) is 11.8. The molecule has 1 heterocycles. The number of hydrogen-bond acceptors (Lipinski definition) is 2. The summed E-state index contributed by atoms with van der Waals surface area (Å²) in [6.45, 7) is 2.08. The van der Waals surface area contributed by atoms with Crippen LogP contribution >= 0.6 is 0 Å². The largest absolute Gasteiger partial charge is 0.350 e. The number of aryl methyl sites for hydroxylation is 1. The molecular weight excluding hydrogens is 250 g/mol. The van der Waals surface area contributed by atoms with Crippen LogP contribution in [0, 0.1) is 0 Å². The first-order valence-electron chi connectivity index (χ1n) is 7.35. The fraction of sp³-hybridized carbons (Fsp3) is 0.438. The van der Waals surface area contributed by atoms with Crippen LogP contribution in [0.4, 0.5) is 0 Å². The van der Waals surface area contributed by atoms with Gasteiger partial charge in [-0.15, -0.1) is 0 Å². The van der Waals surface area contributed by atoms with Crippen molar-refractivity contribution in [3.63, 3.8) is 0 Å². The number of rotatable bonds is 3. The molecule has 0 saturated heterocycles. The van der Waals surface area contributed by atoms with E-state index < -0.39 is 0 Å². The fourth-order valence-corrected chi connectivity index (χ4v) is 3.17. The van der Waals surface area contributed by atoms with E-state index in [-0.39, 0.29) is 18.0 Å². The van der Waals surface area contributed by atoms with E-state index in [1.807, 2.05) is 18.2 Å². The van der Waals surface area contributed by atoms with Gasteiger partial charge >= 0.3 is 0 Å². The maximum atomic E-state index is 12.5. The quantitative estimate of drug-likeness (QED) is 0.802. The van der Waals surface area contributed by atoms with Crippen molar-refractivity contribution in [2.45, 2.75) is 44.7 Å². The molecule has 0 aliphatic heterocycles. The molecule has 0 bridgehead atoms. The van der Waals surface area contributed by atoms with Crippen molar-refractivity contribution >= 4 is 16.8 Å². The van der Waals surface area contributed by atoms with Gasteiger partial charge in [-0.25, -0.2) is 0 Å². The highest BCUT2D eigenvalue weighted by atomic mass is 16.1. The maximum absolute atomic E-state index is 12.5. The number of benzene rings is 1. The van der Waals surface area contributed by atoms with Crippen LogP contribution in [0.1, 0.15) is 42.2 Å². The summed E-state index contributed by atoms with van der Waals surface area (Å²) in [4.78, 5) is 15.7. The predicted molar refractivity (Wildman–Crippen MR) is 80.8 cm³/mol. The summed E-state index contributed by atoms with van der Waals surface area (Å²) in [6.07, 6.45) is 3.71. The molecule has 0 radical (unpaired) electrons. The molecule has 2 aromatic rings. The summed E-state index contributed by atoms with van der Waals surface area (Å²) < 4.78 is 0. The van der Waals surface area contributed by atoms with Crippen LogP contribution in [-0.2, 0) is 6.42 Å². The minimum Gasteiger partial charge on any atom is -0.350 e. The van der Waals surface area contributed by atoms with Gasteiger partial charge in [0.2, 0.25) is 0 Å². The first kappa shape index (κ1) is 13.2. The number of hydrogen-bond donors (Lipinski definition) is 3. The van der Waals surface area contributed by atoms with Crippen LogP contribution in [0.2, 0.25) is 0 Å². The van der Waals surface area contributed by atoms with Crippen LogP contribution in [0.5, 0.6) is 0 Å². The third-order valence-electron chi connectivity index (χ3n) is 4.20. The van der Waals surface area contributed by atoms with E-state index in [1.54, 1.807) is 0 Å². The molecule has 0 unspecified atom stereocenters. The summed E-state index contributed by atoms with van der Waals surface area (Å²) in [5.41, 5.74) is 8.72. The third kappa shape index (κ3) is 2.31. The van der Waals surface area contributed by atoms with Crippen molar-refractivity contribution in [3.05, 3.63) is 35.5 Å². The molecule has 3 rings (SSSR count). The molecule has 2 atom stereocenters. The summed E-state index contributed by atoms with van der Waals surface area (Å²) in [6, 6.07) is 8.51. The average Bonchev–Trinajstić information content (AvgIpc) is 3.01. The van der Waals surface area contributed by atoms with E-state index in [4.69, 9.17) is 5.73 Å². The van der Waals surface area contributed by atoms with Gasteiger partial charge in [0.25, 0.3) is 5.91 Å². The molecule has 1 aromatic carbocycles. The Hall–Kier alpha value is -1.81. The van der Waals surface area contributed by atoms with Crippen LogP contribution in [0.3, 0.4) is 0 Å². The highest BCUT2D eigenvalue weighted by Gasteiger charge is 2.25. The van der Waals surface area contributed by atoms with Crippen LogP contribution in [0.15, 0.2) is 24.3 Å². The molecular formula is C16H21N3O. The van der Waals surface area contributed by atoms with Gasteiger partial charge in [0.05, 0.1) is 0 Å². The normalized spacial score (nSPS) is 22.3. The molecule has 4 nitrogen and oxygen atoms in total. The Morgan fingerprint density at radius 1 is 1.40 bits per heavy atom. The number of carbonyl (C=O) groups excluding carboxylic acids is 1. The molecule has 4 heteroatoms. The van der Waals surface area contributed by atoms with Crippen LogP contribution < -0.4 is 11.1 Å². The Kier molecular flexibility index (Phi) is 3.49. The molecule has 0 spiro atoms. The number of nitrogens with two attached hydrogens (primary N) is 1. The second kappa shape index (κ2) is 5.29. The third-order valence-corrected chi connectivity index (χ3v) is 4.20. The molecule has 1 aliphatic carbocycles. The minimum absolute atomic E-state index is 0.00264. The topological polar surface area (TPSA) is 70.9 Å². The first-order chi connectivity index (χ1) is 9.69. The lowest BCUT2D eigenvalue weighted by atomic mass is 10.1. The molecule has 4 N–H and O–H groups in total. The van der Waals surface area contributed by atoms with E-state index in [9.17, 15) is 4.79 Å². The number of aromatic nitrogens is 1. The second-order valence-electron chi connectivity index (χ2n) is 5.62. The van der Waals surface area contributed by atoms with Crippen molar-refractivity contribution in [1.29, 1.82) is 0 Å². The SMILES string of the molecule is CCc1c(C(=O)N[C@H]2CC[C@H](N)C2)[nH]c2ccccc12. The highest BCUT2D eigenvalue weighted by molar-refractivity contribution is 6.01. The van der Waals surface area contributed by atoms with E-state index >= 15 is 0 Å².